The Morgan fingerprint density at radius 2 is 1.90 bits per heavy atom. The van der Waals surface area contributed by atoms with Gasteiger partial charge in [-0.1, -0.05) is 23.7 Å². The summed E-state index contributed by atoms with van der Waals surface area (Å²) in [4.78, 5) is 30.1. The monoisotopic (exact) mass is 427 g/mol. The van der Waals surface area contributed by atoms with Gasteiger partial charge in [0, 0.05) is 19.1 Å². The van der Waals surface area contributed by atoms with Gasteiger partial charge >= 0.3 is 5.69 Å². The Morgan fingerprint density at radius 1 is 1.13 bits per heavy atom. The van der Waals surface area contributed by atoms with Gasteiger partial charge < -0.3 is 19.4 Å². The van der Waals surface area contributed by atoms with Gasteiger partial charge in [-0.05, 0) is 42.7 Å². The molecule has 0 radical (unpaired) electrons. The van der Waals surface area contributed by atoms with Crippen LogP contribution in [-0.2, 0) is 11.2 Å². The molecule has 156 valence electrons. The van der Waals surface area contributed by atoms with Crippen LogP contribution >= 0.6 is 11.6 Å². The molecule has 0 unspecified atom stereocenters. The number of halogens is 1. The smallest absolute Gasteiger partial charge is 0.326 e. The third-order valence-corrected chi connectivity index (χ3v) is 6.10. The molecule has 2 aromatic carbocycles. The van der Waals surface area contributed by atoms with Gasteiger partial charge in [0.05, 0.1) is 22.5 Å². The minimum Gasteiger partial charge on any atom is -0.486 e. The van der Waals surface area contributed by atoms with Gasteiger partial charge in [-0.2, -0.15) is 0 Å². The highest BCUT2D eigenvalue weighted by Gasteiger charge is 2.26. The maximum absolute atomic E-state index is 12.9. The minimum atomic E-state index is -0.0908. The second-order valence-corrected chi connectivity index (χ2v) is 8.12. The van der Waals surface area contributed by atoms with Crippen LogP contribution in [0.15, 0.2) is 41.2 Å². The van der Waals surface area contributed by atoms with E-state index in [0.717, 1.165) is 29.4 Å². The Bertz CT molecular complexity index is 1160. The first-order chi connectivity index (χ1) is 14.6. The number of carbonyl (C=O) groups is 1. The van der Waals surface area contributed by atoms with Crippen LogP contribution in [0.25, 0.3) is 11.0 Å². The van der Waals surface area contributed by atoms with Crippen LogP contribution in [0.4, 0.5) is 0 Å². The van der Waals surface area contributed by atoms with E-state index in [9.17, 15) is 9.59 Å². The van der Waals surface area contributed by atoms with Crippen LogP contribution in [0.3, 0.4) is 0 Å². The highest BCUT2D eigenvalue weighted by molar-refractivity contribution is 6.32. The number of fused-ring (bicyclic) bond motifs is 2. The second-order valence-electron chi connectivity index (χ2n) is 7.71. The van der Waals surface area contributed by atoms with Crippen molar-refractivity contribution in [1.29, 1.82) is 0 Å². The molecule has 0 saturated carbocycles. The van der Waals surface area contributed by atoms with Gasteiger partial charge in [-0.3, -0.25) is 9.36 Å². The summed E-state index contributed by atoms with van der Waals surface area (Å²) in [5.41, 5.74) is 2.48. The normalized spacial score (nSPS) is 16.8. The van der Waals surface area contributed by atoms with Crippen LogP contribution < -0.4 is 15.2 Å². The fraction of sp³-hybridized carbons (Fsp3) is 0.364. The molecular weight excluding hydrogens is 406 g/mol. The zero-order valence-electron chi connectivity index (χ0n) is 16.4. The summed E-state index contributed by atoms with van der Waals surface area (Å²) in [5, 5.41) is 0.465. The molecule has 2 aliphatic heterocycles. The fourth-order valence-corrected chi connectivity index (χ4v) is 4.65. The van der Waals surface area contributed by atoms with E-state index >= 15 is 0 Å². The van der Waals surface area contributed by atoms with Crippen molar-refractivity contribution in [2.24, 2.45) is 0 Å². The maximum Gasteiger partial charge on any atom is 0.326 e. The molecule has 5 rings (SSSR count). The first-order valence-corrected chi connectivity index (χ1v) is 10.5. The molecule has 1 N–H and O–H groups in total. The highest BCUT2D eigenvalue weighted by Crippen LogP contribution is 2.38. The summed E-state index contributed by atoms with van der Waals surface area (Å²) in [6.07, 6.45) is 1.75. The largest absolute Gasteiger partial charge is 0.486 e. The van der Waals surface area contributed by atoms with E-state index in [0.29, 0.717) is 42.8 Å². The molecular formula is C22H22ClN3O4. The summed E-state index contributed by atoms with van der Waals surface area (Å²) in [6.45, 7) is 2.18. The molecule has 3 aromatic rings. The topological polar surface area (TPSA) is 76.6 Å². The number of H-pyrrole nitrogens is 1. The predicted octanol–water partition coefficient (Wildman–Crippen LogP) is 3.16. The van der Waals surface area contributed by atoms with E-state index < -0.39 is 0 Å². The lowest BCUT2D eigenvalue weighted by Gasteiger charge is -2.32. The zero-order chi connectivity index (χ0) is 20.7. The van der Waals surface area contributed by atoms with Crippen molar-refractivity contribution in [3.05, 3.63) is 57.5 Å². The third kappa shape index (κ3) is 3.43. The summed E-state index contributed by atoms with van der Waals surface area (Å²) in [7, 11) is 0. The second kappa shape index (κ2) is 7.72. The molecule has 0 bridgehead atoms. The zero-order valence-corrected chi connectivity index (χ0v) is 17.2. The number of rotatable bonds is 3. The van der Waals surface area contributed by atoms with Crippen molar-refractivity contribution in [2.75, 3.05) is 26.3 Å². The van der Waals surface area contributed by atoms with E-state index in [-0.39, 0.29) is 24.1 Å². The van der Waals surface area contributed by atoms with Crippen LogP contribution in [0.1, 0.15) is 24.4 Å². The third-order valence-electron chi connectivity index (χ3n) is 5.82. The van der Waals surface area contributed by atoms with Gasteiger partial charge in [0.15, 0.2) is 11.5 Å². The molecule has 0 atom stereocenters. The Balaban J connectivity index is 1.27. The molecule has 8 heteroatoms. The predicted molar refractivity (Wildman–Crippen MR) is 114 cm³/mol. The number of imidazole rings is 1. The number of nitrogens with zero attached hydrogens (tertiary/aromatic N) is 2. The number of hydrogen-bond donors (Lipinski definition) is 1. The number of aromatic amines is 1. The van der Waals surface area contributed by atoms with Gasteiger partial charge in [-0.25, -0.2) is 4.79 Å². The van der Waals surface area contributed by atoms with Crippen molar-refractivity contribution < 1.29 is 14.3 Å². The van der Waals surface area contributed by atoms with Crippen LogP contribution in [-0.4, -0.2) is 46.7 Å². The molecule has 1 fully saturated rings. The van der Waals surface area contributed by atoms with Gasteiger partial charge in [0.1, 0.15) is 13.2 Å². The number of likely N-dealkylation sites (tertiary alicyclic amines) is 1. The number of aromatic nitrogens is 2. The lowest BCUT2D eigenvalue weighted by Crippen LogP contribution is -2.41. The molecule has 30 heavy (non-hydrogen) atoms. The quantitative estimate of drug-likeness (QED) is 0.696. The maximum atomic E-state index is 12.9. The lowest BCUT2D eigenvalue weighted by molar-refractivity contribution is -0.131. The van der Waals surface area contributed by atoms with Gasteiger partial charge in [0.25, 0.3) is 0 Å². The number of nitrogens with one attached hydrogen (secondary N) is 1. The molecule has 7 nitrogen and oxygen atoms in total. The molecule has 1 amide bonds. The molecule has 3 heterocycles. The Labute approximate surface area is 178 Å². The molecule has 0 spiro atoms. The van der Waals surface area contributed by atoms with Crippen molar-refractivity contribution in [3.63, 3.8) is 0 Å². The summed E-state index contributed by atoms with van der Waals surface area (Å²) >= 11 is 6.29. The van der Waals surface area contributed by atoms with Gasteiger partial charge in [-0.15, -0.1) is 0 Å². The van der Waals surface area contributed by atoms with Crippen molar-refractivity contribution in [1.82, 2.24) is 14.5 Å². The van der Waals surface area contributed by atoms with E-state index in [1.807, 2.05) is 39.8 Å². The number of piperidine rings is 1. The molecule has 0 aliphatic carbocycles. The van der Waals surface area contributed by atoms with Crippen LogP contribution in [0, 0.1) is 0 Å². The number of ether oxygens (including phenoxy) is 2. The van der Waals surface area contributed by atoms with Crippen LogP contribution in [0.5, 0.6) is 11.5 Å². The summed E-state index contributed by atoms with van der Waals surface area (Å²) in [5.74, 6) is 1.19. The lowest BCUT2D eigenvalue weighted by atomic mass is 10.0. The van der Waals surface area contributed by atoms with E-state index in [1.54, 1.807) is 6.07 Å². The first-order valence-electron chi connectivity index (χ1n) is 10.1. The molecule has 1 aromatic heterocycles. The number of amides is 1. The van der Waals surface area contributed by atoms with E-state index in [1.165, 1.54) is 0 Å². The number of para-hydroxylation sites is 2. The molecule has 1 saturated heterocycles. The SMILES string of the molecule is O=C(Cc1cc(Cl)c2c(c1)OCCO2)N1CCC(n2c(=O)[nH]c3ccccc32)CC1. The highest BCUT2D eigenvalue weighted by atomic mass is 35.5. The Kier molecular flexibility index (Phi) is 4.90. The summed E-state index contributed by atoms with van der Waals surface area (Å²) < 4.78 is 13.0. The number of benzene rings is 2. The standard InChI is InChI=1S/C22H22ClN3O4/c23-16-11-14(12-19-21(16)30-10-9-29-19)13-20(27)25-7-5-15(6-8-25)26-18-4-2-1-3-17(18)24-22(26)28/h1-4,11-12,15H,5-10,13H2,(H,24,28). The average molecular weight is 428 g/mol. The first kappa shape index (κ1) is 19.1. The fourth-order valence-electron chi connectivity index (χ4n) is 4.36. The number of carbonyl (C=O) groups excluding carboxylic acids is 1. The van der Waals surface area contributed by atoms with E-state index in [4.69, 9.17) is 21.1 Å². The Morgan fingerprint density at radius 3 is 2.73 bits per heavy atom. The summed E-state index contributed by atoms with van der Waals surface area (Å²) in [6, 6.07) is 11.4. The minimum absolute atomic E-state index is 0.0486. The number of hydrogen-bond acceptors (Lipinski definition) is 4. The van der Waals surface area contributed by atoms with Gasteiger partial charge in [0.2, 0.25) is 5.91 Å². The Hall–Kier alpha value is -2.93. The van der Waals surface area contributed by atoms with E-state index in [2.05, 4.69) is 4.98 Å². The van der Waals surface area contributed by atoms with Crippen molar-refractivity contribution >= 4 is 28.5 Å². The molecule has 2 aliphatic rings. The van der Waals surface area contributed by atoms with Crippen LogP contribution in [0.2, 0.25) is 5.02 Å². The van der Waals surface area contributed by atoms with Crippen molar-refractivity contribution in [3.8, 4) is 11.5 Å². The average Bonchev–Trinajstić information content (AvgIpc) is 3.09. The van der Waals surface area contributed by atoms with Crippen molar-refractivity contribution in [2.45, 2.75) is 25.3 Å².